The fourth-order valence-electron chi connectivity index (χ4n) is 2.58. The molecule has 0 aromatic heterocycles. The lowest BCUT2D eigenvalue weighted by Crippen LogP contribution is -2.13. The van der Waals surface area contributed by atoms with Crippen LogP contribution in [0.4, 0.5) is 8.78 Å². The third-order valence-electron chi connectivity index (χ3n) is 3.67. The van der Waals surface area contributed by atoms with Gasteiger partial charge in [0, 0.05) is 0 Å². The van der Waals surface area contributed by atoms with Crippen molar-refractivity contribution in [1.29, 1.82) is 0 Å². The number of Topliss-reactive ketones (excluding diaryl/α,β-unsaturated/α-hetero) is 1. The molecule has 4 heteroatoms. The molecule has 2 nitrogen and oxygen atoms in total. The van der Waals surface area contributed by atoms with E-state index in [0.29, 0.717) is 5.75 Å². The van der Waals surface area contributed by atoms with E-state index in [1.165, 1.54) is 11.1 Å². The molecule has 0 atom stereocenters. The van der Waals surface area contributed by atoms with Gasteiger partial charge in [0.1, 0.15) is 17.4 Å². The Kier molecular flexibility index (Phi) is 3.69. The number of hydrogen-bond donors (Lipinski definition) is 0. The molecular formula is C17H14F2O2. The van der Waals surface area contributed by atoms with Gasteiger partial charge < -0.3 is 4.74 Å². The summed E-state index contributed by atoms with van der Waals surface area (Å²) in [6.45, 7) is -0.306. The summed E-state index contributed by atoms with van der Waals surface area (Å²) in [5, 5.41) is 0. The number of carbonyl (C=O) groups excluding carboxylic acids is 1. The van der Waals surface area contributed by atoms with Gasteiger partial charge in [0.25, 0.3) is 0 Å². The average molecular weight is 288 g/mol. The Morgan fingerprint density at radius 2 is 1.86 bits per heavy atom. The van der Waals surface area contributed by atoms with Crippen molar-refractivity contribution in [1.82, 2.24) is 0 Å². The molecule has 0 radical (unpaired) electrons. The van der Waals surface area contributed by atoms with E-state index in [1.807, 2.05) is 12.1 Å². The van der Waals surface area contributed by atoms with Crippen molar-refractivity contribution >= 4 is 5.78 Å². The Morgan fingerprint density at radius 1 is 1.05 bits per heavy atom. The van der Waals surface area contributed by atoms with E-state index in [1.54, 1.807) is 6.07 Å². The van der Waals surface area contributed by atoms with E-state index < -0.39 is 17.4 Å². The molecule has 3 rings (SSSR count). The number of hydrogen-bond acceptors (Lipinski definition) is 2. The monoisotopic (exact) mass is 288 g/mol. The highest BCUT2D eigenvalue weighted by Crippen LogP contribution is 2.26. The maximum absolute atomic E-state index is 13.5. The van der Waals surface area contributed by atoms with Gasteiger partial charge in [-0.15, -0.1) is 0 Å². The van der Waals surface area contributed by atoms with Crippen LogP contribution >= 0.6 is 0 Å². The van der Waals surface area contributed by atoms with Gasteiger partial charge in [-0.25, -0.2) is 8.78 Å². The molecule has 0 saturated carbocycles. The summed E-state index contributed by atoms with van der Waals surface area (Å²) in [6.07, 6.45) is 3.22. The van der Waals surface area contributed by atoms with Crippen LogP contribution in [0.1, 0.15) is 27.9 Å². The largest absolute Gasteiger partial charge is 0.485 e. The van der Waals surface area contributed by atoms with Crippen LogP contribution in [0.15, 0.2) is 36.4 Å². The van der Waals surface area contributed by atoms with Gasteiger partial charge in [0.15, 0.2) is 6.61 Å². The van der Waals surface area contributed by atoms with E-state index in [9.17, 15) is 13.6 Å². The first-order chi connectivity index (χ1) is 10.1. The van der Waals surface area contributed by atoms with E-state index in [2.05, 4.69) is 0 Å². The number of halogens is 2. The molecule has 0 aliphatic heterocycles. The van der Waals surface area contributed by atoms with E-state index >= 15 is 0 Å². The lowest BCUT2D eigenvalue weighted by molar-refractivity contribution is 0.0917. The maximum Gasteiger partial charge on any atom is 0.203 e. The number of ether oxygens (including phenoxy) is 1. The molecule has 1 aliphatic rings. The zero-order chi connectivity index (χ0) is 14.8. The molecule has 2 aromatic carbocycles. The molecular weight excluding hydrogens is 274 g/mol. The van der Waals surface area contributed by atoms with Crippen LogP contribution in [0, 0.1) is 11.6 Å². The SMILES string of the molecule is O=C(COc1ccc2c(c1)CCC2)c1cc(F)ccc1F. The summed E-state index contributed by atoms with van der Waals surface area (Å²) < 4.78 is 31.9. The third kappa shape index (κ3) is 2.94. The summed E-state index contributed by atoms with van der Waals surface area (Å²) in [7, 11) is 0. The molecule has 2 aromatic rings. The predicted octanol–water partition coefficient (Wildman–Crippen LogP) is 3.72. The van der Waals surface area contributed by atoms with Crippen LogP contribution in [-0.4, -0.2) is 12.4 Å². The second-order valence-electron chi connectivity index (χ2n) is 5.12. The van der Waals surface area contributed by atoms with Crippen molar-refractivity contribution in [3.8, 4) is 5.75 Å². The molecule has 21 heavy (non-hydrogen) atoms. The van der Waals surface area contributed by atoms with E-state index in [-0.39, 0.29) is 12.2 Å². The van der Waals surface area contributed by atoms with Gasteiger partial charge in [-0.2, -0.15) is 0 Å². The smallest absolute Gasteiger partial charge is 0.203 e. The Labute approximate surface area is 121 Å². The summed E-state index contributed by atoms with van der Waals surface area (Å²) in [5.74, 6) is -1.37. The van der Waals surface area contributed by atoms with Gasteiger partial charge in [0.05, 0.1) is 5.56 Å². The first-order valence-corrected chi connectivity index (χ1v) is 6.86. The van der Waals surface area contributed by atoms with Crippen LogP contribution in [0.3, 0.4) is 0 Å². The second-order valence-corrected chi connectivity index (χ2v) is 5.12. The highest BCUT2D eigenvalue weighted by molar-refractivity contribution is 5.97. The number of fused-ring (bicyclic) bond motifs is 1. The van der Waals surface area contributed by atoms with E-state index in [0.717, 1.165) is 37.5 Å². The van der Waals surface area contributed by atoms with Crippen molar-refractivity contribution in [3.63, 3.8) is 0 Å². The zero-order valence-corrected chi connectivity index (χ0v) is 11.4. The summed E-state index contributed by atoms with van der Waals surface area (Å²) >= 11 is 0. The van der Waals surface area contributed by atoms with Crippen molar-refractivity contribution in [2.75, 3.05) is 6.61 Å². The predicted molar refractivity (Wildman–Crippen MR) is 74.7 cm³/mol. The lowest BCUT2D eigenvalue weighted by atomic mass is 10.1. The average Bonchev–Trinajstić information content (AvgIpc) is 2.94. The van der Waals surface area contributed by atoms with Crippen LogP contribution < -0.4 is 4.74 Å². The first-order valence-electron chi connectivity index (χ1n) is 6.86. The minimum atomic E-state index is -0.737. The highest BCUT2D eigenvalue weighted by atomic mass is 19.1. The normalized spacial score (nSPS) is 13.0. The zero-order valence-electron chi connectivity index (χ0n) is 11.4. The highest BCUT2D eigenvalue weighted by Gasteiger charge is 2.15. The Morgan fingerprint density at radius 3 is 2.71 bits per heavy atom. The first kappa shape index (κ1) is 13.7. The van der Waals surface area contributed by atoms with Crippen LogP contribution in [-0.2, 0) is 12.8 Å². The number of ketones is 1. The molecule has 0 spiro atoms. The van der Waals surface area contributed by atoms with Gasteiger partial charge >= 0.3 is 0 Å². The Hall–Kier alpha value is -2.23. The lowest BCUT2D eigenvalue weighted by Gasteiger charge is -2.08. The number of rotatable bonds is 4. The number of carbonyl (C=O) groups is 1. The minimum absolute atomic E-state index is 0.281. The Bertz CT molecular complexity index is 695. The number of benzene rings is 2. The summed E-state index contributed by atoms with van der Waals surface area (Å²) in [5.41, 5.74) is 2.26. The molecule has 0 amide bonds. The summed E-state index contributed by atoms with van der Waals surface area (Å²) in [6, 6.07) is 8.52. The number of aryl methyl sites for hydroxylation is 2. The molecule has 0 N–H and O–H groups in total. The molecule has 0 fully saturated rings. The fourth-order valence-corrected chi connectivity index (χ4v) is 2.58. The molecule has 108 valence electrons. The van der Waals surface area contributed by atoms with Crippen LogP contribution in [0.5, 0.6) is 5.75 Å². The fraction of sp³-hybridized carbons (Fsp3) is 0.235. The molecule has 0 unspecified atom stereocenters. The van der Waals surface area contributed by atoms with Crippen molar-refractivity contribution in [2.45, 2.75) is 19.3 Å². The molecule has 0 bridgehead atoms. The van der Waals surface area contributed by atoms with Crippen LogP contribution in [0.25, 0.3) is 0 Å². The standard InChI is InChI=1S/C17H14F2O2/c18-13-5-7-16(19)15(9-13)17(20)10-21-14-6-4-11-2-1-3-12(11)8-14/h4-9H,1-3,10H2. The topological polar surface area (TPSA) is 26.3 Å². The molecule has 0 heterocycles. The van der Waals surface area contributed by atoms with Gasteiger partial charge in [0.2, 0.25) is 5.78 Å². The minimum Gasteiger partial charge on any atom is -0.485 e. The summed E-state index contributed by atoms with van der Waals surface area (Å²) in [4.78, 5) is 11.9. The maximum atomic E-state index is 13.5. The van der Waals surface area contributed by atoms with Gasteiger partial charge in [-0.1, -0.05) is 6.07 Å². The quantitative estimate of drug-likeness (QED) is 0.802. The van der Waals surface area contributed by atoms with Crippen molar-refractivity contribution < 1.29 is 18.3 Å². The Balaban J connectivity index is 1.70. The van der Waals surface area contributed by atoms with Crippen molar-refractivity contribution in [3.05, 3.63) is 64.7 Å². The molecule has 1 aliphatic carbocycles. The third-order valence-corrected chi connectivity index (χ3v) is 3.67. The van der Waals surface area contributed by atoms with E-state index in [4.69, 9.17) is 4.74 Å². The van der Waals surface area contributed by atoms with Crippen LogP contribution in [0.2, 0.25) is 0 Å². The second kappa shape index (κ2) is 5.64. The molecule has 0 saturated heterocycles. The van der Waals surface area contributed by atoms with Gasteiger partial charge in [-0.05, 0) is 60.7 Å². The van der Waals surface area contributed by atoms with Crippen molar-refractivity contribution in [2.24, 2.45) is 0 Å². The van der Waals surface area contributed by atoms with Gasteiger partial charge in [-0.3, -0.25) is 4.79 Å².